The molecule has 2 aliphatic rings. The molecule has 2 aliphatic heterocycles. The first-order chi connectivity index (χ1) is 10.6. The quantitative estimate of drug-likeness (QED) is 0.473. The Hall–Kier alpha value is -2.06. The summed E-state index contributed by atoms with van der Waals surface area (Å²) in [6, 6.07) is 5.39. The molecule has 0 radical (unpaired) electrons. The number of thioether (sulfide) groups is 1. The zero-order valence-electron chi connectivity index (χ0n) is 11.5. The maximum atomic E-state index is 12.3. The maximum Gasteiger partial charge on any atom is 0.325 e. The minimum absolute atomic E-state index is 0.181. The van der Waals surface area contributed by atoms with Crippen LogP contribution in [0.15, 0.2) is 23.1 Å². The van der Waals surface area contributed by atoms with Gasteiger partial charge in [0.05, 0.1) is 12.0 Å². The predicted octanol–water partition coefficient (Wildman–Crippen LogP) is 1.79. The van der Waals surface area contributed by atoms with Crippen molar-refractivity contribution in [3.8, 4) is 11.5 Å². The SMILES string of the molecule is COC(=O)CN1C(=O)/C(=C/c2ccc3c(c2)OCO3)SC1=S. The first-order valence-electron chi connectivity index (χ1n) is 6.30. The number of rotatable bonds is 3. The van der Waals surface area contributed by atoms with Crippen LogP contribution >= 0.6 is 24.0 Å². The van der Waals surface area contributed by atoms with E-state index in [1.54, 1.807) is 18.2 Å². The van der Waals surface area contributed by atoms with Crippen molar-refractivity contribution in [2.45, 2.75) is 0 Å². The molecule has 0 aliphatic carbocycles. The summed E-state index contributed by atoms with van der Waals surface area (Å²) in [5.41, 5.74) is 0.794. The second kappa shape index (κ2) is 5.98. The van der Waals surface area contributed by atoms with Crippen molar-refractivity contribution in [2.75, 3.05) is 20.4 Å². The van der Waals surface area contributed by atoms with Crippen LogP contribution in [0.25, 0.3) is 6.08 Å². The smallest absolute Gasteiger partial charge is 0.325 e. The van der Waals surface area contributed by atoms with E-state index in [0.29, 0.717) is 20.7 Å². The number of thiocarbonyl (C=S) groups is 1. The number of ether oxygens (including phenoxy) is 3. The van der Waals surface area contributed by atoms with E-state index in [4.69, 9.17) is 21.7 Å². The largest absolute Gasteiger partial charge is 0.468 e. The molecule has 8 heteroatoms. The molecule has 0 unspecified atom stereocenters. The Kier molecular flexibility index (Phi) is 4.04. The van der Waals surface area contributed by atoms with Crippen LogP contribution in [0.2, 0.25) is 0 Å². The lowest BCUT2D eigenvalue weighted by Gasteiger charge is -2.11. The van der Waals surface area contributed by atoms with E-state index in [9.17, 15) is 9.59 Å². The number of fused-ring (bicyclic) bond motifs is 1. The number of benzene rings is 1. The van der Waals surface area contributed by atoms with Crippen LogP contribution < -0.4 is 9.47 Å². The second-order valence-electron chi connectivity index (χ2n) is 4.46. The fourth-order valence-corrected chi connectivity index (χ4v) is 3.24. The van der Waals surface area contributed by atoms with Crippen molar-refractivity contribution in [3.05, 3.63) is 28.7 Å². The topological polar surface area (TPSA) is 65.1 Å². The molecule has 114 valence electrons. The molecule has 0 aromatic heterocycles. The number of esters is 1. The third-order valence-electron chi connectivity index (χ3n) is 3.08. The molecule has 6 nitrogen and oxygen atoms in total. The van der Waals surface area contributed by atoms with Gasteiger partial charge in [0, 0.05) is 0 Å². The van der Waals surface area contributed by atoms with Gasteiger partial charge in [0.15, 0.2) is 11.5 Å². The highest BCUT2D eigenvalue weighted by molar-refractivity contribution is 8.26. The summed E-state index contributed by atoms with van der Waals surface area (Å²) in [5, 5.41) is 0. The molecule has 2 heterocycles. The van der Waals surface area contributed by atoms with Gasteiger partial charge in [-0.1, -0.05) is 30.0 Å². The first-order valence-corrected chi connectivity index (χ1v) is 7.53. The van der Waals surface area contributed by atoms with E-state index in [1.165, 1.54) is 12.0 Å². The van der Waals surface area contributed by atoms with E-state index in [-0.39, 0.29) is 19.2 Å². The Balaban J connectivity index is 1.82. The summed E-state index contributed by atoms with van der Waals surface area (Å²) < 4.78 is 15.4. The minimum Gasteiger partial charge on any atom is -0.468 e. The monoisotopic (exact) mass is 337 g/mol. The van der Waals surface area contributed by atoms with Gasteiger partial charge in [0.2, 0.25) is 6.79 Å². The molecule has 1 amide bonds. The standard InChI is InChI=1S/C14H11NO5S2/c1-18-12(16)6-15-13(17)11(22-14(15)21)5-8-2-3-9-10(4-8)20-7-19-9/h2-5H,6-7H2,1H3/b11-5-. The van der Waals surface area contributed by atoms with Gasteiger partial charge in [-0.25, -0.2) is 0 Å². The van der Waals surface area contributed by atoms with Gasteiger partial charge in [-0.2, -0.15) is 0 Å². The number of nitrogens with zero attached hydrogens (tertiary/aromatic N) is 1. The molecule has 0 spiro atoms. The summed E-state index contributed by atoms with van der Waals surface area (Å²) in [6.07, 6.45) is 1.71. The number of amides is 1. The lowest BCUT2D eigenvalue weighted by molar-refractivity contribution is -0.143. The van der Waals surface area contributed by atoms with E-state index >= 15 is 0 Å². The zero-order chi connectivity index (χ0) is 15.7. The Bertz CT molecular complexity index is 700. The van der Waals surface area contributed by atoms with E-state index < -0.39 is 5.97 Å². The van der Waals surface area contributed by atoms with E-state index in [0.717, 1.165) is 17.3 Å². The van der Waals surface area contributed by atoms with Gasteiger partial charge in [-0.05, 0) is 23.8 Å². The Morgan fingerprint density at radius 3 is 3.00 bits per heavy atom. The van der Waals surface area contributed by atoms with Gasteiger partial charge in [-0.15, -0.1) is 0 Å². The molecule has 1 fully saturated rings. The molecule has 22 heavy (non-hydrogen) atoms. The summed E-state index contributed by atoms with van der Waals surface area (Å²) in [5.74, 6) is 0.493. The molecule has 0 N–H and O–H groups in total. The Labute approximate surface area is 136 Å². The van der Waals surface area contributed by atoms with Crippen molar-refractivity contribution in [1.82, 2.24) is 4.90 Å². The normalized spacial score (nSPS) is 18.2. The highest BCUT2D eigenvalue weighted by atomic mass is 32.2. The van der Waals surface area contributed by atoms with Crippen molar-refractivity contribution < 1.29 is 23.8 Å². The molecule has 1 aromatic carbocycles. The summed E-state index contributed by atoms with van der Waals surface area (Å²) in [4.78, 5) is 25.3. The third-order valence-corrected chi connectivity index (χ3v) is 4.46. The van der Waals surface area contributed by atoms with Gasteiger partial charge in [0.1, 0.15) is 10.9 Å². The summed E-state index contributed by atoms with van der Waals surface area (Å²) in [7, 11) is 1.27. The van der Waals surface area contributed by atoms with E-state index in [1.807, 2.05) is 6.07 Å². The fourth-order valence-electron chi connectivity index (χ4n) is 1.98. The van der Waals surface area contributed by atoms with Crippen molar-refractivity contribution in [3.63, 3.8) is 0 Å². The average molecular weight is 337 g/mol. The predicted molar refractivity (Wildman–Crippen MR) is 84.5 cm³/mol. The maximum absolute atomic E-state index is 12.3. The molecule has 1 aromatic rings. The lowest BCUT2D eigenvalue weighted by Crippen LogP contribution is -2.33. The van der Waals surface area contributed by atoms with Crippen molar-refractivity contribution >= 4 is 46.3 Å². The molecule has 3 rings (SSSR count). The van der Waals surface area contributed by atoms with Crippen LogP contribution in [-0.2, 0) is 14.3 Å². The van der Waals surface area contributed by atoms with Crippen molar-refractivity contribution in [1.29, 1.82) is 0 Å². The third kappa shape index (κ3) is 2.79. The zero-order valence-corrected chi connectivity index (χ0v) is 13.2. The lowest BCUT2D eigenvalue weighted by atomic mass is 10.2. The van der Waals surface area contributed by atoms with E-state index in [2.05, 4.69) is 4.74 Å². The number of methoxy groups -OCH3 is 1. The molecule has 0 bridgehead atoms. The highest BCUT2D eigenvalue weighted by Gasteiger charge is 2.33. The number of carbonyl (C=O) groups excluding carboxylic acids is 2. The number of carbonyl (C=O) groups is 2. The molecule has 1 saturated heterocycles. The van der Waals surface area contributed by atoms with Crippen LogP contribution in [0, 0.1) is 0 Å². The number of hydrogen-bond donors (Lipinski definition) is 0. The molecular weight excluding hydrogens is 326 g/mol. The highest BCUT2D eigenvalue weighted by Crippen LogP contribution is 2.36. The average Bonchev–Trinajstić information content (AvgIpc) is 3.07. The van der Waals surface area contributed by atoms with Gasteiger partial charge in [-0.3, -0.25) is 14.5 Å². The Morgan fingerprint density at radius 2 is 2.23 bits per heavy atom. The van der Waals surface area contributed by atoms with Gasteiger partial charge >= 0.3 is 5.97 Å². The number of hydrogen-bond acceptors (Lipinski definition) is 7. The van der Waals surface area contributed by atoms with Crippen LogP contribution in [-0.4, -0.2) is 41.5 Å². The van der Waals surface area contributed by atoms with Gasteiger partial charge in [0.25, 0.3) is 5.91 Å². The van der Waals surface area contributed by atoms with Crippen LogP contribution in [0.3, 0.4) is 0 Å². The van der Waals surface area contributed by atoms with Crippen molar-refractivity contribution in [2.24, 2.45) is 0 Å². The van der Waals surface area contributed by atoms with Gasteiger partial charge < -0.3 is 14.2 Å². The Morgan fingerprint density at radius 1 is 1.45 bits per heavy atom. The van der Waals surface area contributed by atoms with Crippen LogP contribution in [0.1, 0.15) is 5.56 Å². The minimum atomic E-state index is -0.513. The summed E-state index contributed by atoms with van der Waals surface area (Å²) >= 11 is 6.28. The van der Waals surface area contributed by atoms with Crippen LogP contribution in [0.4, 0.5) is 0 Å². The molecule has 0 atom stereocenters. The first kappa shape index (κ1) is 14.9. The molecule has 0 saturated carbocycles. The fraction of sp³-hybridized carbons (Fsp3) is 0.214. The second-order valence-corrected chi connectivity index (χ2v) is 6.13. The molecular formula is C14H11NO5S2. The summed E-state index contributed by atoms with van der Waals surface area (Å²) in [6.45, 7) is 0.0136. The van der Waals surface area contributed by atoms with Crippen LogP contribution in [0.5, 0.6) is 11.5 Å².